The Morgan fingerprint density at radius 1 is 0.906 bits per heavy atom. The Kier molecular flexibility index (Phi) is 8.81. The number of esters is 1. The molecule has 32 heavy (non-hydrogen) atoms. The van der Waals surface area contributed by atoms with Crippen LogP contribution in [0.3, 0.4) is 0 Å². The topological polar surface area (TPSA) is 56.8 Å². The van der Waals surface area contributed by atoms with Crippen molar-refractivity contribution in [3.05, 3.63) is 58.9 Å². The van der Waals surface area contributed by atoms with E-state index in [-0.39, 0.29) is 17.8 Å². The molecule has 0 heterocycles. The molecule has 0 saturated carbocycles. The van der Waals surface area contributed by atoms with Gasteiger partial charge in [-0.15, -0.1) is 0 Å². The summed E-state index contributed by atoms with van der Waals surface area (Å²) in [5, 5.41) is 2.45. The number of nitrogens with one attached hydrogen (secondary N) is 1. The zero-order chi connectivity index (χ0) is 24.1. The van der Waals surface area contributed by atoms with Crippen LogP contribution in [0.25, 0.3) is 0 Å². The van der Waals surface area contributed by atoms with E-state index in [0.717, 1.165) is 5.56 Å². The molecule has 1 atom stereocenters. The Bertz CT molecular complexity index is 922. The van der Waals surface area contributed by atoms with Crippen LogP contribution in [0, 0.1) is 29.1 Å². The Hall–Kier alpha value is -2.45. The minimum absolute atomic E-state index is 0.145. The third-order valence-electron chi connectivity index (χ3n) is 4.07. The zero-order valence-corrected chi connectivity index (χ0v) is 18.8. The molecule has 2 aromatic rings. The summed E-state index contributed by atoms with van der Waals surface area (Å²) < 4.78 is 83.8. The molecule has 0 spiro atoms. The first-order valence-electron chi connectivity index (χ1n) is 9.62. The molecule has 0 aliphatic carbocycles. The number of ether oxygens (including phenoxy) is 1. The summed E-state index contributed by atoms with van der Waals surface area (Å²) in [6, 6.07) is 6.59. The normalized spacial score (nSPS) is 12.4. The van der Waals surface area contributed by atoms with E-state index in [1.165, 1.54) is 0 Å². The highest BCUT2D eigenvalue weighted by Gasteiger charge is 2.30. The summed E-state index contributed by atoms with van der Waals surface area (Å²) in [7, 11) is -2.55. The smallest absolute Gasteiger partial charge is 0.382 e. The maximum atomic E-state index is 14.0. The van der Waals surface area contributed by atoms with Crippen LogP contribution in [-0.2, 0) is 14.9 Å². The highest BCUT2D eigenvalue weighted by Crippen LogP contribution is 2.41. The molecule has 2 aromatic carbocycles. The summed E-state index contributed by atoms with van der Waals surface area (Å²) >= 11 is 0. The van der Waals surface area contributed by atoms with E-state index in [1.54, 1.807) is 31.2 Å². The molecule has 0 bridgehead atoms. The van der Waals surface area contributed by atoms with E-state index in [4.69, 9.17) is 13.8 Å². The van der Waals surface area contributed by atoms with E-state index in [9.17, 15) is 26.7 Å². The second kappa shape index (κ2) is 10.9. The Morgan fingerprint density at radius 2 is 1.44 bits per heavy atom. The van der Waals surface area contributed by atoms with Crippen molar-refractivity contribution in [2.24, 2.45) is 0 Å². The van der Waals surface area contributed by atoms with Gasteiger partial charge in [0.25, 0.3) is 0 Å². The van der Waals surface area contributed by atoms with Gasteiger partial charge >= 0.3 is 14.5 Å². The van der Waals surface area contributed by atoms with Gasteiger partial charge in [0.15, 0.2) is 0 Å². The Morgan fingerprint density at radius 3 is 1.94 bits per heavy atom. The van der Waals surface area contributed by atoms with Crippen molar-refractivity contribution in [1.29, 1.82) is 0 Å². The zero-order valence-electron chi connectivity index (χ0n) is 17.9. The van der Waals surface area contributed by atoms with E-state index in [0.29, 0.717) is 6.42 Å². The fourth-order valence-electron chi connectivity index (χ4n) is 2.34. The molecule has 0 aliphatic heterocycles. The highest BCUT2D eigenvalue weighted by atomic mass is 31.2. The monoisotopic (exact) mass is 479 g/mol. The van der Waals surface area contributed by atoms with Gasteiger partial charge in [-0.2, -0.15) is 8.78 Å². The van der Waals surface area contributed by atoms with Crippen LogP contribution in [0.15, 0.2) is 24.3 Å². The van der Waals surface area contributed by atoms with Crippen molar-refractivity contribution >= 4 is 14.5 Å². The standard InChI is InChI=1S/C21H23F5NO4P/c1-5-10-29-14(28)11-27-32(30-13-8-6-12(7-9-13)21(2,3)4)31-20-18(25)16(23)15(22)17(24)19(20)26/h6-9,27H,5,10-11H2,1-4H3. The van der Waals surface area contributed by atoms with Crippen molar-refractivity contribution in [2.75, 3.05) is 13.2 Å². The first-order valence-corrected chi connectivity index (χ1v) is 10.8. The van der Waals surface area contributed by atoms with Gasteiger partial charge in [0.05, 0.1) is 6.61 Å². The maximum absolute atomic E-state index is 14.0. The highest BCUT2D eigenvalue weighted by molar-refractivity contribution is 7.45. The second-order valence-electron chi connectivity index (χ2n) is 7.67. The molecule has 0 fully saturated rings. The number of carbonyl (C=O) groups excluding carboxylic acids is 1. The molecule has 0 aliphatic rings. The number of carbonyl (C=O) groups is 1. The van der Waals surface area contributed by atoms with Crippen molar-refractivity contribution in [3.63, 3.8) is 0 Å². The molecule has 5 nitrogen and oxygen atoms in total. The van der Waals surface area contributed by atoms with Crippen LogP contribution in [-0.4, -0.2) is 19.1 Å². The van der Waals surface area contributed by atoms with Crippen LogP contribution in [0.2, 0.25) is 0 Å². The SMILES string of the molecule is CCCOC(=O)CNP(Oc1ccc(C(C)(C)C)cc1)Oc1c(F)c(F)c(F)c(F)c1F. The third kappa shape index (κ3) is 6.53. The lowest BCUT2D eigenvalue weighted by Crippen LogP contribution is -2.24. The van der Waals surface area contributed by atoms with E-state index < -0.39 is 55.9 Å². The van der Waals surface area contributed by atoms with Gasteiger partial charge < -0.3 is 13.8 Å². The molecule has 0 radical (unpaired) electrons. The fraction of sp³-hybridized carbons (Fsp3) is 0.381. The number of halogens is 5. The maximum Gasteiger partial charge on any atom is 0.382 e. The van der Waals surface area contributed by atoms with Crippen molar-refractivity contribution in [3.8, 4) is 11.5 Å². The average molecular weight is 479 g/mol. The first-order chi connectivity index (χ1) is 15.0. The first kappa shape index (κ1) is 25.8. The lowest BCUT2D eigenvalue weighted by molar-refractivity contribution is -0.142. The molecular formula is C21H23F5NO4P. The van der Waals surface area contributed by atoms with Crippen LogP contribution in [0.5, 0.6) is 11.5 Å². The van der Waals surface area contributed by atoms with Crippen LogP contribution >= 0.6 is 8.53 Å². The largest absolute Gasteiger partial charge is 0.465 e. The molecule has 11 heteroatoms. The summed E-state index contributed by atoms with van der Waals surface area (Å²) in [5.41, 5.74) is 0.808. The number of rotatable bonds is 9. The number of hydrogen-bond donors (Lipinski definition) is 1. The van der Waals surface area contributed by atoms with Gasteiger partial charge in [0.1, 0.15) is 12.3 Å². The number of benzene rings is 2. The molecule has 176 valence electrons. The summed E-state index contributed by atoms with van der Waals surface area (Å²) in [5.74, 6) is -13.0. The summed E-state index contributed by atoms with van der Waals surface area (Å²) in [4.78, 5) is 11.7. The molecule has 2 rings (SSSR count). The quantitative estimate of drug-likeness (QED) is 0.159. The van der Waals surface area contributed by atoms with Crippen LogP contribution < -0.4 is 14.1 Å². The third-order valence-corrected chi connectivity index (χ3v) is 5.21. The van der Waals surface area contributed by atoms with Crippen molar-refractivity contribution < 1.29 is 40.5 Å². The van der Waals surface area contributed by atoms with Crippen molar-refractivity contribution in [1.82, 2.24) is 5.09 Å². The van der Waals surface area contributed by atoms with E-state index in [1.807, 2.05) is 20.8 Å². The van der Waals surface area contributed by atoms with Gasteiger partial charge in [-0.05, 0) is 29.5 Å². The predicted molar refractivity (Wildman–Crippen MR) is 109 cm³/mol. The number of hydrogen-bond acceptors (Lipinski definition) is 5. The summed E-state index contributed by atoms with van der Waals surface area (Å²) in [6.07, 6.45) is 0.568. The summed E-state index contributed by atoms with van der Waals surface area (Å²) in [6.45, 7) is 7.42. The van der Waals surface area contributed by atoms with Gasteiger partial charge in [-0.3, -0.25) is 4.79 Å². The molecule has 0 amide bonds. The van der Waals surface area contributed by atoms with Crippen molar-refractivity contribution in [2.45, 2.75) is 39.5 Å². The van der Waals surface area contributed by atoms with Gasteiger partial charge in [-0.1, -0.05) is 39.8 Å². The molecule has 1 unspecified atom stereocenters. The van der Waals surface area contributed by atoms with Gasteiger partial charge in [0.2, 0.25) is 34.8 Å². The van der Waals surface area contributed by atoms with Crippen LogP contribution in [0.4, 0.5) is 22.0 Å². The minimum Gasteiger partial charge on any atom is -0.465 e. The van der Waals surface area contributed by atoms with E-state index >= 15 is 0 Å². The predicted octanol–water partition coefficient (Wildman–Crippen LogP) is 5.91. The lowest BCUT2D eigenvalue weighted by Gasteiger charge is -2.21. The van der Waals surface area contributed by atoms with Gasteiger partial charge in [0, 0.05) is 0 Å². The molecule has 0 saturated heterocycles. The lowest BCUT2D eigenvalue weighted by atomic mass is 9.87. The average Bonchev–Trinajstić information content (AvgIpc) is 2.75. The van der Waals surface area contributed by atoms with Crippen LogP contribution in [0.1, 0.15) is 39.7 Å². The molecular weight excluding hydrogens is 456 g/mol. The Balaban J connectivity index is 2.28. The fourth-order valence-corrected chi connectivity index (χ4v) is 3.40. The van der Waals surface area contributed by atoms with E-state index in [2.05, 4.69) is 5.09 Å². The molecule has 0 aromatic heterocycles. The minimum atomic E-state index is -2.55. The second-order valence-corrected chi connectivity index (χ2v) is 8.86. The van der Waals surface area contributed by atoms with Gasteiger partial charge in [-0.25, -0.2) is 18.3 Å². The Labute approximate surface area is 183 Å². The molecule has 1 N–H and O–H groups in total.